The fourth-order valence-corrected chi connectivity index (χ4v) is 1.41. The van der Waals surface area contributed by atoms with Gasteiger partial charge in [-0.1, -0.05) is 6.58 Å². The maximum Gasteiger partial charge on any atom is 0.330 e. The number of Topliss-reactive ketones (excluding diaryl/α,β-unsaturated/α-hetero) is 1. The number of ether oxygens (including phenoxy) is 2. The Kier molecular flexibility index (Phi) is 10.5. The zero-order valence-electron chi connectivity index (χ0n) is 12.6. The third-order valence-electron chi connectivity index (χ3n) is 2.48. The molecule has 0 aliphatic rings. The molecule has 1 rings (SSSR count). The van der Waals surface area contributed by atoms with E-state index in [-0.39, 0.29) is 5.78 Å². The monoisotopic (exact) mass is 293 g/mol. The summed E-state index contributed by atoms with van der Waals surface area (Å²) in [5, 5.41) is 0. The highest BCUT2D eigenvalue weighted by Gasteiger charge is 2.00. The van der Waals surface area contributed by atoms with Crippen LogP contribution >= 0.6 is 0 Å². The third-order valence-corrected chi connectivity index (χ3v) is 2.48. The van der Waals surface area contributed by atoms with Crippen molar-refractivity contribution in [1.82, 2.24) is 0 Å². The second-order valence-electron chi connectivity index (χ2n) is 4.01. The zero-order valence-corrected chi connectivity index (χ0v) is 12.6. The van der Waals surface area contributed by atoms with Gasteiger partial charge in [-0.3, -0.25) is 4.79 Å². The Labute approximate surface area is 125 Å². The van der Waals surface area contributed by atoms with E-state index in [1.807, 2.05) is 0 Å². The molecule has 0 aliphatic carbocycles. The summed E-state index contributed by atoms with van der Waals surface area (Å²) < 4.78 is 10.3. The predicted octanol–water partition coefficient (Wildman–Crippen LogP) is 2.35. The first-order valence-electron chi connectivity index (χ1n) is 6.74. The standard InChI is InChI=1S/C15H18O4.CH5N/c1-3-15(17)19-11-5-4-10-18-14-8-6-13(7-9-14)12(2)16;1-2/h3,6-9H,1,4-5,10-11H2,2H3;2H2,1H3. The number of hydrogen-bond acceptors (Lipinski definition) is 5. The molecule has 0 heterocycles. The van der Waals surface area contributed by atoms with Gasteiger partial charge in [0, 0.05) is 11.6 Å². The highest BCUT2D eigenvalue weighted by Crippen LogP contribution is 2.13. The molecule has 0 atom stereocenters. The summed E-state index contributed by atoms with van der Waals surface area (Å²) in [4.78, 5) is 21.8. The minimum absolute atomic E-state index is 0.0376. The largest absolute Gasteiger partial charge is 0.494 e. The van der Waals surface area contributed by atoms with E-state index in [0.717, 1.165) is 24.7 Å². The van der Waals surface area contributed by atoms with Crippen molar-refractivity contribution in [2.45, 2.75) is 19.8 Å². The summed E-state index contributed by atoms with van der Waals surface area (Å²) in [6.45, 7) is 5.76. The summed E-state index contributed by atoms with van der Waals surface area (Å²) in [6, 6.07) is 7.02. The Morgan fingerprint density at radius 2 is 1.71 bits per heavy atom. The van der Waals surface area contributed by atoms with Crippen LogP contribution < -0.4 is 10.5 Å². The zero-order chi connectivity index (χ0) is 16.1. The fraction of sp³-hybridized carbons (Fsp3) is 0.375. The molecule has 0 unspecified atom stereocenters. The second kappa shape index (κ2) is 11.7. The maximum absolute atomic E-state index is 11.1. The Morgan fingerprint density at radius 3 is 2.24 bits per heavy atom. The average Bonchev–Trinajstić information content (AvgIpc) is 2.52. The molecule has 5 heteroatoms. The summed E-state index contributed by atoms with van der Waals surface area (Å²) >= 11 is 0. The number of unbranched alkanes of at least 4 members (excludes halogenated alkanes) is 1. The summed E-state index contributed by atoms with van der Waals surface area (Å²) in [7, 11) is 1.50. The van der Waals surface area contributed by atoms with Crippen molar-refractivity contribution < 1.29 is 19.1 Å². The maximum atomic E-state index is 11.1. The molecule has 0 aromatic heterocycles. The van der Waals surface area contributed by atoms with Gasteiger partial charge in [-0.15, -0.1) is 0 Å². The van der Waals surface area contributed by atoms with Crippen LogP contribution in [0.5, 0.6) is 5.75 Å². The molecular formula is C16H23NO4. The molecule has 0 saturated heterocycles. The summed E-state index contributed by atoms with van der Waals surface area (Å²) in [5.41, 5.74) is 5.17. The summed E-state index contributed by atoms with van der Waals surface area (Å²) in [5.74, 6) is 0.365. The SMILES string of the molecule is C=CC(=O)OCCCCOc1ccc(C(C)=O)cc1.CN. The lowest BCUT2D eigenvalue weighted by atomic mass is 10.1. The van der Waals surface area contributed by atoms with Crippen LogP contribution in [-0.2, 0) is 9.53 Å². The van der Waals surface area contributed by atoms with Crippen molar-refractivity contribution in [2.75, 3.05) is 20.3 Å². The highest BCUT2D eigenvalue weighted by molar-refractivity contribution is 5.94. The first-order valence-corrected chi connectivity index (χ1v) is 6.74. The smallest absolute Gasteiger partial charge is 0.330 e. The van der Waals surface area contributed by atoms with Gasteiger partial charge in [-0.25, -0.2) is 4.79 Å². The number of esters is 1. The van der Waals surface area contributed by atoms with Gasteiger partial charge in [0.1, 0.15) is 5.75 Å². The van der Waals surface area contributed by atoms with Crippen LogP contribution in [0.3, 0.4) is 0 Å². The van der Waals surface area contributed by atoms with Crippen LogP contribution in [0.4, 0.5) is 0 Å². The van der Waals surface area contributed by atoms with Crippen molar-refractivity contribution in [1.29, 1.82) is 0 Å². The molecule has 0 fully saturated rings. The Bertz CT molecular complexity index is 440. The molecule has 0 amide bonds. The van der Waals surface area contributed by atoms with Crippen molar-refractivity contribution >= 4 is 11.8 Å². The quantitative estimate of drug-likeness (QED) is 0.344. The van der Waals surface area contributed by atoms with E-state index in [9.17, 15) is 9.59 Å². The van der Waals surface area contributed by atoms with Gasteiger partial charge >= 0.3 is 5.97 Å². The third kappa shape index (κ3) is 8.60. The van der Waals surface area contributed by atoms with Crippen molar-refractivity contribution in [3.8, 4) is 5.75 Å². The summed E-state index contributed by atoms with van der Waals surface area (Å²) in [6.07, 6.45) is 2.68. The minimum atomic E-state index is -0.402. The molecular weight excluding hydrogens is 270 g/mol. The molecule has 0 bridgehead atoms. The lowest BCUT2D eigenvalue weighted by Gasteiger charge is -2.06. The van der Waals surface area contributed by atoms with Crippen LogP contribution in [-0.4, -0.2) is 32.0 Å². The van der Waals surface area contributed by atoms with E-state index in [1.54, 1.807) is 24.3 Å². The van der Waals surface area contributed by atoms with Crippen molar-refractivity contribution in [2.24, 2.45) is 5.73 Å². The van der Waals surface area contributed by atoms with E-state index in [0.29, 0.717) is 18.8 Å². The van der Waals surface area contributed by atoms with E-state index >= 15 is 0 Å². The van der Waals surface area contributed by atoms with Crippen LogP contribution in [0.1, 0.15) is 30.1 Å². The van der Waals surface area contributed by atoms with Gasteiger partial charge < -0.3 is 15.2 Å². The Morgan fingerprint density at radius 1 is 1.14 bits per heavy atom. The topological polar surface area (TPSA) is 78.6 Å². The number of carbonyl (C=O) groups excluding carboxylic acids is 2. The first kappa shape index (κ1) is 18.9. The lowest BCUT2D eigenvalue weighted by Crippen LogP contribution is -2.04. The van der Waals surface area contributed by atoms with Gasteiger partial charge in [0.2, 0.25) is 0 Å². The van der Waals surface area contributed by atoms with Gasteiger partial charge in [0.15, 0.2) is 5.78 Å². The normalized spacial score (nSPS) is 9.10. The van der Waals surface area contributed by atoms with Gasteiger partial charge in [-0.2, -0.15) is 0 Å². The van der Waals surface area contributed by atoms with E-state index < -0.39 is 5.97 Å². The molecule has 2 N–H and O–H groups in total. The van der Waals surface area contributed by atoms with Crippen molar-refractivity contribution in [3.63, 3.8) is 0 Å². The first-order chi connectivity index (χ1) is 10.1. The number of hydrogen-bond donors (Lipinski definition) is 1. The number of benzene rings is 1. The van der Waals surface area contributed by atoms with Crippen LogP contribution in [0.15, 0.2) is 36.9 Å². The van der Waals surface area contributed by atoms with Gasteiger partial charge in [-0.05, 0) is 51.1 Å². The van der Waals surface area contributed by atoms with E-state index in [1.165, 1.54) is 14.0 Å². The number of rotatable bonds is 8. The Hall–Kier alpha value is -2.14. The molecule has 0 spiro atoms. The fourth-order valence-electron chi connectivity index (χ4n) is 1.41. The molecule has 1 aromatic carbocycles. The average molecular weight is 293 g/mol. The van der Waals surface area contributed by atoms with Gasteiger partial charge in [0.25, 0.3) is 0 Å². The highest BCUT2D eigenvalue weighted by atomic mass is 16.5. The molecule has 1 aromatic rings. The van der Waals surface area contributed by atoms with E-state index in [2.05, 4.69) is 12.3 Å². The van der Waals surface area contributed by atoms with Crippen LogP contribution in [0.25, 0.3) is 0 Å². The predicted molar refractivity (Wildman–Crippen MR) is 82.4 cm³/mol. The molecule has 0 radical (unpaired) electrons. The number of ketones is 1. The molecule has 5 nitrogen and oxygen atoms in total. The molecule has 116 valence electrons. The molecule has 0 saturated carbocycles. The second-order valence-corrected chi connectivity index (χ2v) is 4.01. The number of carbonyl (C=O) groups is 2. The Balaban J connectivity index is 0.00000191. The lowest BCUT2D eigenvalue weighted by molar-refractivity contribution is -0.137. The number of nitrogens with two attached hydrogens (primary N) is 1. The van der Waals surface area contributed by atoms with Crippen LogP contribution in [0.2, 0.25) is 0 Å². The minimum Gasteiger partial charge on any atom is -0.494 e. The van der Waals surface area contributed by atoms with E-state index in [4.69, 9.17) is 9.47 Å². The molecule has 0 aliphatic heterocycles. The molecule has 21 heavy (non-hydrogen) atoms. The van der Waals surface area contributed by atoms with Gasteiger partial charge in [0.05, 0.1) is 13.2 Å². The van der Waals surface area contributed by atoms with Crippen molar-refractivity contribution in [3.05, 3.63) is 42.5 Å². The van der Waals surface area contributed by atoms with Crippen LogP contribution in [0, 0.1) is 0 Å².